The molecule has 4 rings (SSSR count). The Kier molecular flexibility index (Phi) is 8.72. The van der Waals surface area contributed by atoms with Crippen molar-refractivity contribution >= 4 is 28.5 Å². The molecule has 5 nitrogen and oxygen atoms in total. The minimum Gasteiger partial charge on any atom is -0.376 e. The number of benzene rings is 1. The second-order valence-corrected chi connectivity index (χ2v) is 8.08. The molecule has 0 aliphatic carbocycles. The summed E-state index contributed by atoms with van der Waals surface area (Å²) in [4.78, 5) is 17.5. The van der Waals surface area contributed by atoms with Gasteiger partial charge in [-0.2, -0.15) is 0 Å². The molecule has 0 bridgehead atoms. The average Bonchev–Trinajstić information content (AvgIpc) is 2.86. The fourth-order valence-corrected chi connectivity index (χ4v) is 4.25. The van der Waals surface area contributed by atoms with E-state index in [0.717, 1.165) is 21.9 Å². The Labute approximate surface area is 201 Å². The second kappa shape index (κ2) is 11.9. The molecule has 2 aromatic heterocycles. The van der Waals surface area contributed by atoms with Crippen molar-refractivity contribution in [1.29, 1.82) is 0 Å². The van der Waals surface area contributed by atoms with Gasteiger partial charge in [-0.15, -0.1) is 0 Å². The monoisotopic (exact) mass is 460 g/mol. The van der Waals surface area contributed by atoms with Gasteiger partial charge in [0.15, 0.2) is 5.43 Å². The van der Waals surface area contributed by atoms with Crippen LogP contribution in [0.4, 0.5) is 5.82 Å². The largest absolute Gasteiger partial charge is 0.376 e. The fraction of sp³-hybridized carbons (Fsp3) is 0.185. The fourth-order valence-electron chi connectivity index (χ4n) is 3.38. The summed E-state index contributed by atoms with van der Waals surface area (Å²) in [5.74, 6) is 0.704. The van der Waals surface area contributed by atoms with Gasteiger partial charge in [0, 0.05) is 25.1 Å². The molecule has 1 unspecified atom stereocenters. The van der Waals surface area contributed by atoms with Crippen LogP contribution in [0.15, 0.2) is 107 Å². The SMILES string of the molecule is C/C=C\C(=C/C)Nc1cc(=O)c2cnc(SC3C=CC=CN3)cc2n1-c1ccccc1.CC.[HH]. The van der Waals surface area contributed by atoms with Crippen molar-refractivity contribution in [2.75, 3.05) is 5.32 Å². The van der Waals surface area contributed by atoms with Gasteiger partial charge in [-0.1, -0.05) is 68.1 Å². The Hall–Kier alpha value is -3.51. The first-order chi connectivity index (χ1) is 16.2. The maximum absolute atomic E-state index is 12.9. The molecule has 1 atom stereocenters. The summed E-state index contributed by atoms with van der Waals surface area (Å²) < 4.78 is 2.07. The molecule has 2 N–H and O–H groups in total. The molecule has 0 saturated heterocycles. The number of nitrogens with one attached hydrogen (secondary N) is 2. The second-order valence-electron chi connectivity index (χ2n) is 6.92. The van der Waals surface area contributed by atoms with E-state index in [9.17, 15) is 4.79 Å². The van der Waals surface area contributed by atoms with Crippen LogP contribution in [0, 0.1) is 0 Å². The number of dihydropyridines is 1. The predicted molar refractivity (Wildman–Crippen MR) is 144 cm³/mol. The van der Waals surface area contributed by atoms with Crippen LogP contribution >= 0.6 is 11.8 Å². The Morgan fingerprint density at radius 1 is 1.18 bits per heavy atom. The number of anilines is 1. The third-order valence-corrected chi connectivity index (χ3v) is 5.83. The van der Waals surface area contributed by atoms with Crippen LogP contribution < -0.4 is 16.1 Å². The molecule has 1 aliphatic heterocycles. The summed E-state index contributed by atoms with van der Waals surface area (Å²) in [6.07, 6.45) is 15.6. The lowest BCUT2D eigenvalue weighted by atomic mass is 10.2. The predicted octanol–water partition coefficient (Wildman–Crippen LogP) is 6.64. The van der Waals surface area contributed by atoms with Crippen molar-refractivity contribution in [2.24, 2.45) is 0 Å². The number of allylic oxidation sites excluding steroid dienone is 5. The molecule has 1 aliphatic rings. The van der Waals surface area contributed by atoms with Crippen LogP contribution in [0.5, 0.6) is 0 Å². The molecule has 3 aromatic rings. The Balaban J connectivity index is 0.00000133. The first kappa shape index (κ1) is 24.1. The van der Waals surface area contributed by atoms with E-state index >= 15 is 0 Å². The summed E-state index contributed by atoms with van der Waals surface area (Å²) in [7, 11) is 0. The van der Waals surface area contributed by atoms with Gasteiger partial charge >= 0.3 is 0 Å². The topological polar surface area (TPSA) is 59.0 Å². The maximum atomic E-state index is 12.9. The zero-order valence-corrected chi connectivity index (χ0v) is 20.3. The summed E-state index contributed by atoms with van der Waals surface area (Å²) in [6.45, 7) is 7.93. The van der Waals surface area contributed by atoms with Gasteiger partial charge in [0.05, 0.1) is 16.3 Å². The van der Waals surface area contributed by atoms with E-state index in [1.165, 1.54) is 0 Å². The molecular formula is C27H32N4OS. The van der Waals surface area contributed by atoms with Crippen LogP contribution in [0.1, 0.15) is 29.1 Å². The van der Waals surface area contributed by atoms with Crippen molar-refractivity contribution in [3.8, 4) is 5.69 Å². The molecule has 172 valence electrons. The molecule has 1 aromatic carbocycles. The number of thioether (sulfide) groups is 1. The van der Waals surface area contributed by atoms with Gasteiger partial charge in [0.2, 0.25) is 0 Å². The van der Waals surface area contributed by atoms with E-state index in [0.29, 0.717) is 11.2 Å². The van der Waals surface area contributed by atoms with Gasteiger partial charge in [0.1, 0.15) is 10.8 Å². The highest BCUT2D eigenvalue weighted by Gasteiger charge is 2.15. The number of hydrogen-bond donors (Lipinski definition) is 2. The van der Waals surface area contributed by atoms with Gasteiger partial charge < -0.3 is 10.6 Å². The lowest BCUT2D eigenvalue weighted by molar-refractivity contribution is 0.907. The van der Waals surface area contributed by atoms with E-state index in [-0.39, 0.29) is 12.2 Å². The highest BCUT2D eigenvalue weighted by molar-refractivity contribution is 8.00. The highest BCUT2D eigenvalue weighted by Crippen LogP contribution is 2.28. The van der Waals surface area contributed by atoms with Crippen molar-refractivity contribution in [3.05, 3.63) is 107 Å². The van der Waals surface area contributed by atoms with Gasteiger partial charge in [-0.25, -0.2) is 4.98 Å². The number of hydrogen-bond acceptors (Lipinski definition) is 5. The lowest BCUT2D eigenvalue weighted by Crippen LogP contribution is -2.19. The molecule has 0 spiro atoms. The number of rotatable bonds is 6. The normalized spacial score (nSPS) is 15.3. The Bertz CT molecular complexity index is 1260. The van der Waals surface area contributed by atoms with E-state index in [2.05, 4.69) is 26.3 Å². The van der Waals surface area contributed by atoms with Crippen LogP contribution in [0.25, 0.3) is 16.6 Å². The molecule has 0 saturated carbocycles. The molecule has 0 fully saturated rings. The number of nitrogens with zero attached hydrogens (tertiary/aromatic N) is 2. The minimum atomic E-state index is -0.0664. The number of pyridine rings is 2. The van der Waals surface area contributed by atoms with Crippen molar-refractivity contribution in [1.82, 2.24) is 14.9 Å². The first-order valence-electron chi connectivity index (χ1n) is 11.1. The lowest BCUT2D eigenvalue weighted by Gasteiger charge is -2.20. The minimum absolute atomic E-state index is 0. The highest BCUT2D eigenvalue weighted by atomic mass is 32.2. The van der Waals surface area contributed by atoms with Crippen LogP contribution in [-0.2, 0) is 0 Å². The summed E-state index contributed by atoms with van der Waals surface area (Å²) in [5, 5.41) is 8.22. The molecular weight excluding hydrogens is 428 g/mol. The average molecular weight is 461 g/mol. The quantitative estimate of drug-likeness (QED) is 0.404. The van der Waals surface area contributed by atoms with Crippen LogP contribution in [0.3, 0.4) is 0 Å². The third-order valence-electron chi connectivity index (χ3n) is 4.82. The Morgan fingerprint density at radius 3 is 2.64 bits per heavy atom. The number of aromatic nitrogens is 2. The molecule has 0 amide bonds. The summed E-state index contributed by atoms with van der Waals surface area (Å²) >= 11 is 1.60. The standard InChI is InChI=1S/C25H24N4OS.C2H6.H2/c1-3-10-18(4-2)28-23-16-22(30)20-17-27-25(31-24-13-8-9-14-26-24)15-21(20)29(23)19-11-6-5-7-12-19;1-2;/h3-17,24,26,28H,1-2H3;1-2H3;1H/b10-3-,18-4+;;. The smallest absolute Gasteiger partial charge is 0.193 e. The molecule has 3 heterocycles. The van der Waals surface area contributed by atoms with E-state index < -0.39 is 0 Å². The molecule has 33 heavy (non-hydrogen) atoms. The van der Waals surface area contributed by atoms with Crippen molar-refractivity contribution in [2.45, 2.75) is 38.1 Å². The van der Waals surface area contributed by atoms with Crippen molar-refractivity contribution < 1.29 is 1.43 Å². The van der Waals surface area contributed by atoms with Crippen molar-refractivity contribution in [3.63, 3.8) is 0 Å². The number of para-hydroxylation sites is 1. The van der Waals surface area contributed by atoms with Gasteiger partial charge in [-0.05, 0) is 50.4 Å². The van der Waals surface area contributed by atoms with Gasteiger partial charge in [-0.3, -0.25) is 9.36 Å². The third kappa shape index (κ3) is 5.84. The van der Waals surface area contributed by atoms with E-state index in [1.54, 1.807) is 24.0 Å². The molecule has 6 heteroatoms. The summed E-state index contributed by atoms with van der Waals surface area (Å²) in [5.41, 5.74) is 2.62. The molecule has 0 radical (unpaired) electrons. The first-order valence-corrected chi connectivity index (χ1v) is 12.0. The van der Waals surface area contributed by atoms with Gasteiger partial charge in [0.25, 0.3) is 0 Å². The maximum Gasteiger partial charge on any atom is 0.193 e. The number of fused-ring (bicyclic) bond motifs is 1. The summed E-state index contributed by atoms with van der Waals surface area (Å²) in [6, 6.07) is 13.6. The Morgan fingerprint density at radius 2 is 1.97 bits per heavy atom. The zero-order chi connectivity index (χ0) is 23.6. The van der Waals surface area contributed by atoms with E-state index in [1.807, 2.05) is 101 Å². The van der Waals surface area contributed by atoms with E-state index in [4.69, 9.17) is 0 Å². The van der Waals surface area contributed by atoms with Crippen LogP contribution in [-0.4, -0.2) is 14.9 Å². The van der Waals surface area contributed by atoms with Crippen LogP contribution in [0.2, 0.25) is 0 Å². The zero-order valence-electron chi connectivity index (χ0n) is 19.4.